The maximum absolute atomic E-state index is 13.9. The first-order valence-electron chi connectivity index (χ1n) is 10.1. The zero-order chi connectivity index (χ0) is 22.6. The third-order valence-electron chi connectivity index (χ3n) is 7.24. The van der Waals surface area contributed by atoms with E-state index in [0.717, 1.165) is 11.3 Å². The van der Waals surface area contributed by atoms with Gasteiger partial charge >= 0.3 is 0 Å². The Morgan fingerprint density at radius 3 is 2.09 bits per heavy atom. The van der Waals surface area contributed by atoms with Crippen LogP contribution in [0.25, 0.3) is 0 Å². The van der Waals surface area contributed by atoms with Crippen LogP contribution in [0, 0.1) is 11.8 Å². The molecule has 0 aromatic heterocycles. The molecule has 2 spiro atoms. The Bertz CT molecular complexity index is 1240. The highest BCUT2D eigenvalue weighted by Crippen LogP contribution is 2.62. The zero-order valence-corrected chi connectivity index (χ0v) is 19.4. The molecule has 6 rings (SSSR count). The Balaban J connectivity index is 1.57. The van der Waals surface area contributed by atoms with Crippen molar-refractivity contribution in [2.75, 3.05) is 10.2 Å². The van der Waals surface area contributed by atoms with Crippen molar-refractivity contribution in [1.82, 2.24) is 5.32 Å². The third-order valence-corrected chi connectivity index (χ3v) is 8.19. The first-order chi connectivity index (χ1) is 15.2. The summed E-state index contributed by atoms with van der Waals surface area (Å²) in [5, 5.41) is 7.49. The average molecular weight is 511 g/mol. The molecule has 3 heterocycles. The lowest BCUT2D eigenvalue weighted by molar-refractivity contribution is -0.130. The van der Waals surface area contributed by atoms with E-state index in [-0.39, 0.29) is 10.9 Å². The van der Waals surface area contributed by atoms with E-state index < -0.39 is 34.7 Å². The summed E-state index contributed by atoms with van der Waals surface area (Å²) in [5.74, 6) is -2.92. The number of hydrogen-bond acceptors (Lipinski definition) is 4. The average Bonchev–Trinajstić information content (AvgIpc) is 3.25. The van der Waals surface area contributed by atoms with Gasteiger partial charge < -0.3 is 5.32 Å². The molecule has 2 aromatic carbocycles. The van der Waals surface area contributed by atoms with E-state index in [1.807, 2.05) is 0 Å². The molecule has 4 aliphatic rings. The third kappa shape index (κ3) is 2.45. The van der Waals surface area contributed by atoms with E-state index in [2.05, 4.69) is 10.6 Å². The number of benzene rings is 2. The molecule has 2 N–H and O–H groups in total. The molecule has 6 nitrogen and oxygen atoms in total. The monoisotopic (exact) mass is 509 g/mol. The largest absolute Gasteiger partial charge is 0.323 e. The summed E-state index contributed by atoms with van der Waals surface area (Å²) in [5.41, 5.74) is -0.917. The molecule has 3 aliphatic heterocycles. The Morgan fingerprint density at radius 2 is 1.47 bits per heavy atom. The lowest BCUT2D eigenvalue weighted by atomic mass is 9.66. The van der Waals surface area contributed by atoms with Crippen LogP contribution in [0.4, 0.5) is 11.4 Å². The molecule has 1 saturated carbocycles. The summed E-state index contributed by atoms with van der Waals surface area (Å²) >= 11 is 24.9. The second kappa shape index (κ2) is 6.61. The maximum Gasteiger partial charge on any atom is 0.250 e. The molecule has 0 radical (unpaired) electrons. The molecule has 3 unspecified atom stereocenters. The Labute approximate surface area is 203 Å². The Hall–Kier alpha value is -1.83. The molecular weight excluding hydrogens is 496 g/mol. The fraction of sp³-hybridized carbons (Fsp3) is 0.318. The lowest BCUT2D eigenvalue weighted by Crippen LogP contribution is -2.60. The van der Waals surface area contributed by atoms with Crippen molar-refractivity contribution in [3.05, 3.63) is 56.0 Å². The van der Waals surface area contributed by atoms with Crippen LogP contribution in [0.1, 0.15) is 24.8 Å². The minimum absolute atomic E-state index is 0.279. The van der Waals surface area contributed by atoms with Gasteiger partial charge in [-0.3, -0.25) is 19.7 Å². The van der Waals surface area contributed by atoms with Gasteiger partial charge in [0.1, 0.15) is 5.54 Å². The number of imide groups is 1. The van der Waals surface area contributed by atoms with Crippen molar-refractivity contribution in [2.24, 2.45) is 11.8 Å². The Morgan fingerprint density at radius 1 is 0.844 bits per heavy atom. The quantitative estimate of drug-likeness (QED) is 0.541. The van der Waals surface area contributed by atoms with Crippen molar-refractivity contribution in [3.8, 4) is 0 Å². The number of hydrogen-bond donors (Lipinski definition) is 2. The number of amides is 3. The fourth-order valence-corrected chi connectivity index (χ4v) is 6.96. The predicted molar refractivity (Wildman–Crippen MR) is 122 cm³/mol. The second-order valence-electron chi connectivity index (χ2n) is 8.80. The number of halogens is 4. The Kier molecular flexibility index (Phi) is 4.29. The first-order valence-corrected chi connectivity index (χ1v) is 11.6. The van der Waals surface area contributed by atoms with Crippen molar-refractivity contribution in [3.63, 3.8) is 0 Å². The summed E-state index contributed by atoms with van der Waals surface area (Å²) < 4.78 is 0. The minimum atomic E-state index is -1.45. The summed E-state index contributed by atoms with van der Waals surface area (Å²) in [6, 6.07) is 7.75. The number of anilines is 2. The summed E-state index contributed by atoms with van der Waals surface area (Å²) in [6.45, 7) is 0. The van der Waals surface area contributed by atoms with Crippen LogP contribution in [-0.4, -0.2) is 23.3 Å². The van der Waals surface area contributed by atoms with Gasteiger partial charge in [0.15, 0.2) is 0 Å². The highest BCUT2D eigenvalue weighted by molar-refractivity contribution is 6.38. The van der Waals surface area contributed by atoms with Gasteiger partial charge in [0, 0.05) is 26.2 Å². The highest BCUT2D eigenvalue weighted by atomic mass is 35.5. The second-order valence-corrected chi connectivity index (χ2v) is 10.5. The molecular formula is C22H15Cl4N3O3. The van der Waals surface area contributed by atoms with E-state index in [1.54, 1.807) is 6.07 Å². The summed E-state index contributed by atoms with van der Waals surface area (Å²) in [6.07, 6.45) is 2.24. The van der Waals surface area contributed by atoms with Gasteiger partial charge in [-0.05, 0) is 49.6 Å². The van der Waals surface area contributed by atoms with Gasteiger partial charge in [0.2, 0.25) is 17.7 Å². The van der Waals surface area contributed by atoms with Gasteiger partial charge in [-0.2, -0.15) is 0 Å². The van der Waals surface area contributed by atoms with Crippen LogP contribution in [0.2, 0.25) is 20.1 Å². The molecule has 3 amide bonds. The van der Waals surface area contributed by atoms with Gasteiger partial charge in [-0.15, -0.1) is 0 Å². The molecule has 32 heavy (non-hydrogen) atoms. The fourth-order valence-electron chi connectivity index (χ4n) is 5.91. The minimum Gasteiger partial charge on any atom is -0.323 e. The molecule has 2 aromatic rings. The van der Waals surface area contributed by atoms with Gasteiger partial charge in [-0.25, -0.2) is 4.90 Å². The SMILES string of the molecule is O=C1C2C(C(=O)N1c1cc(Cl)cc(Cl)c1)C1(NC23CCC3)C(=O)Nc2c(Cl)cc(Cl)cc21. The number of carbonyl (C=O) groups is 3. The van der Waals surface area contributed by atoms with Crippen molar-refractivity contribution >= 4 is 75.5 Å². The van der Waals surface area contributed by atoms with Crippen LogP contribution in [0.3, 0.4) is 0 Å². The first kappa shape index (κ1) is 20.8. The van der Waals surface area contributed by atoms with Crippen LogP contribution < -0.4 is 15.5 Å². The van der Waals surface area contributed by atoms with Crippen molar-refractivity contribution in [2.45, 2.75) is 30.3 Å². The van der Waals surface area contributed by atoms with E-state index in [1.165, 1.54) is 24.3 Å². The molecule has 3 atom stereocenters. The van der Waals surface area contributed by atoms with E-state index >= 15 is 0 Å². The van der Waals surface area contributed by atoms with E-state index in [0.29, 0.717) is 44.8 Å². The number of fused-ring (bicyclic) bond motifs is 5. The smallest absolute Gasteiger partial charge is 0.250 e. The highest BCUT2D eigenvalue weighted by Gasteiger charge is 2.76. The maximum atomic E-state index is 13.9. The van der Waals surface area contributed by atoms with Crippen LogP contribution in [-0.2, 0) is 19.9 Å². The number of carbonyl (C=O) groups excluding carboxylic acids is 3. The predicted octanol–water partition coefficient (Wildman–Crippen LogP) is 4.78. The standard InChI is InChI=1S/C22H15Cl4N3O3/c23-9-4-10(24)6-12(5-9)29-18(30)15-16(19(29)31)22(28-21(15)2-1-3-21)13-7-11(25)8-14(26)17(13)27-20(22)32/h4-8,15-16,28H,1-3H2,(H,27,32). The van der Waals surface area contributed by atoms with Crippen LogP contribution in [0.5, 0.6) is 0 Å². The molecule has 1 aliphatic carbocycles. The molecule has 164 valence electrons. The molecule has 3 fully saturated rings. The lowest BCUT2D eigenvalue weighted by Gasteiger charge is -2.43. The topological polar surface area (TPSA) is 78.5 Å². The number of rotatable bonds is 1. The van der Waals surface area contributed by atoms with E-state index in [9.17, 15) is 14.4 Å². The number of nitrogens with zero attached hydrogens (tertiary/aromatic N) is 1. The van der Waals surface area contributed by atoms with Gasteiger partial charge in [0.25, 0.3) is 0 Å². The molecule has 2 saturated heterocycles. The van der Waals surface area contributed by atoms with Crippen molar-refractivity contribution < 1.29 is 14.4 Å². The zero-order valence-electron chi connectivity index (χ0n) is 16.3. The summed E-state index contributed by atoms with van der Waals surface area (Å²) in [4.78, 5) is 42.2. The van der Waals surface area contributed by atoms with Crippen LogP contribution >= 0.6 is 46.4 Å². The normalized spacial score (nSPS) is 29.5. The van der Waals surface area contributed by atoms with Crippen LogP contribution in [0.15, 0.2) is 30.3 Å². The van der Waals surface area contributed by atoms with Crippen molar-refractivity contribution in [1.29, 1.82) is 0 Å². The van der Waals surface area contributed by atoms with E-state index in [4.69, 9.17) is 46.4 Å². The van der Waals surface area contributed by atoms with Gasteiger partial charge in [-0.1, -0.05) is 46.4 Å². The number of nitrogens with one attached hydrogen (secondary N) is 2. The van der Waals surface area contributed by atoms with Gasteiger partial charge in [0.05, 0.1) is 28.2 Å². The molecule has 0 bridgehead atoms. The molecule has 10 heteroatoms. The summed E-state index contributed by atoms with van der Waals surface area (Å²) in [7, 11) is 0.